The van der Waals surface area contributed by atoms with Crippen LogP contribution in [-0.2, 0) is 16.0 Å². The maximum Gasteiger partial charge on any atom is 0.238 e. The number of nitrogens with one attached hydrogen (secondary N) is 1. The van der Waals surface area contributed by atoms with Gasteiger partial charge in [0, 0.05) is 48.7 Å². The van der Waals surface area contributed by atoms with Gasteiger partial charge in [0.15, 0.2) is 0 Å². The Balaban J connectivity index is 1.51. The van der Waals surface area contributed by atoms with Crippen LogP contribution in [-0.4, -0.2) is 59.3 Å². The molecule has 1 saturated heterocycles. The fourth-order valence-electron chi connectivity index (χ4n) is 3.61. The van der Waals surface area contributed by atoms with Gasteiger partial charge < -0.3 is 10.2 Å². The van der Waals surface area contributed by atoms with Gasteiger partial charge in [-0.15, -0.1) is 0 Å². The minimum atomic E-state index is -0.0117. The van der Waals surface area contributed by atoms with Crippen LogP contribution in [0.25, 0.3) is 0 Å². The van der Waals surface area contributed by atoms with E-state index in [-0.39, 0.29) is 11.8 Å². The Morgan fingerprint density at radius 2 is 1.86 bits per heavy atom. The van der Waals surface area contributed by atoms with E-state index in [1.807, 2.05) is 43.0 Å². The second-order valence-corrected chi connectivity index (χ2v) is 8.43. The van der Waals surface area contributed by atoms with Crippen LogP contribution in [0.3, 0.4) is 0 Å². The van der Waals surface area contributed by atoms with Crippen LogP contribution < -0.4 is 5.32 Å². The van der Waals surface area contributed by atoms with Crippen molar-refractivity contribution in [2.75, 3.05) is 38.0 Å². The number of anilines is 1. The monoisotopic (exact) mass is 458 g/mol. The summed E-state index contributed by atoms with van der Waals surface area (Å²) in [6.45, 7) is 7.19. The van der Waals surface area contributed by atoms with Gasteiger partial charge in [-0.2, -0.15) is 0 Å². The molecule has 2 aromatic rings. The van der Waals surface area contributed by atoms with Crippen molar-refractivity contribution in [2.45, 2.75) is 26.7 Å². The molecule has 2 heterocycles. The van der Waals surface area contributed by atoms with E-state index in [9.17, 15) is 9.59 Å². The molecule has 29 heavy (non-hydrogen) atoms. The molecule has 0 bridgehead atoms. The number of rotatable bonds is 5. The van der Waals surface area contributed by atoms with E-state index in [1.165, 1.54) is 0 Å². The van der Waals surface area contributed by atoms with Crippen LogP contribution >= 0.6 is 15.9 Å². The van der Waals surface area contributed by atoms with Crippen LogP contribution in [0.4, 0.5) is 5.69 Å². The maximum absolute atomic E-state index is 12.7. The van der Waals surface area contributed by atoms with Gasteiger partial charge in [0.05, 0.1) is 13.0 Å². The lowest BCUT2D eigenvalue weighted by molar-refractivity contribution is -0.130. The summed E-state index contributed by atoms with van der Waals surface area (Å²) in [5.74, 6) is 0.0918. The third-order valence-corrected chi connectivity index (χ3v) is 5.60. The number of para-hydroxylation sites is 1. The van der Waals surface area contributed by atoms with Gasteiger partial charge in [0.25, 0.3) is 0 Å². The van der Waals surface area contributed by atoms with E-state index >= 15 is 0 Å². The highest BCUT2D eigenvalue weighted by atomic mass is 79.9. The Kier molecular flexibility index (Phi) is 7.39. The lowest BCUT2D eigenvalue weighted by atomic mass is 10.1. The summed E-state index contributed by atoms with van der Waals surface area (Å²) in [5.41, 5.74) is 3.92. The van der Waals surface area contributed by atoms with Crippen LogP contribution in [0.15, 0.2) is 41.1 Å². The predicted molar refractivity (Wildman–Crippen MR) is 118 cm³/mol. The number of hydrogen-bond acceptors (Lipinski definition) is 4. The SMILES string of the molecule is Cc1cccc(C)c1NC(=O)CN1CCCN(C(=O)Cc2cncc(Br)c2)CC1. The molecular formula is C22H27BrN4O2. The molecule has 0 atom stereocenters. The van der Waals surface area contributed by atoms with Crippen molar-refractivity contribution in [3.8, 4) is 0 Å². The number of hydrogen-bond donors (Lipinski definition) is 1. The average molecular weight is 459 g/mol. The van der Waals surface area contributed by atoms with Crippen LogP contribution in [0.2, 0.25) is 0 Å². The molecule has 1 aliphatic rings. The third-order valence-electron chi connectivity index (χ3n) is 5.17. The summed E-state index contributed by atoms with van der Waals surface area (Å²) in [6.07, 6.45) is 4.64. The summed E-state index contributed by atoms with van der Waals surface area (Å²) in [5, 5.41) is 3.05. The van der Waals surface area contributed by atoms with Crippen LogP contribution in [0, 0.1) is 13.8 Å². The molecule has 3 rings (SSSR count). The van der Waals surface area contributed by atoms with Crippen molar-refractivity contribution in [1.29, 1.82) is 0 Å². The molecule has 1 fully saturated rings. The van der Waals surface area contributed by atoms with Gasteiger partial charge in [-0.05, 0) is 59.0 Å². The number of halogens is 1. The molecule has 2 amide bonds. The van der Waals surface area contributed by atoms with Crippen molar-refractivity contribution in [2.24, 2.45) is 0 Å². The lowest BCUT2D eigenvalue weighted by Crippen LogP contribution is -2.38. The smallest absolute Gasteiger partial charge is 0.238 e. The highest BCUT2D eigenvalue weighted by Gasteiger charge is 2.21. The third kappa shape index (κ3) is 6.11. The second kappa shape index (κ2) is 9.98. The Bertz CT molecular complexity index is 867. The quantitative estimate of drug-likeness (QED) is 0.746. The minimum Gasteiger partial charge on any atom is -0.341 e. The number of amides is 2. The minimum absolute atomic E-state index is 0.0117. The van der Waals surface area contributed by atoms with Crippen LogP contribution in [0.1, 0.15) is 23.1 Å². The van der Waals surface area contributed by atoms with Crippen molar-refractivity contribution < 1.29 is 9.59 Å². The van der Waals surface area contributed by atoms with Gasteiger partial charge in [0.2, 0.25) is 11.8 Å². The van der Waals surface area contributed by atoms with Gasteiger partial charge in [-0.1, -0.05) is 18.2 Å². The second-order valence-electron chi connectivity index (χ2n) is 7.51. The zero-order chi connectivity index (χ0) is 20.8. The number of aryl methyl sites for hydroxylation is 2. The first-order valence-corrected chi connectivity index (χ1v) is 10.7. The molecular weight excluding hydrogens is 432 g/mol. The van der Waals surface area contributed by atoms with Gasteiger partial charge in [0.1, 0.15) is 0 Å². The van der Waals surface area contributed by atoms with E-state index in [2.05, 4.69) is 31.1 Å². The standard InChI is InChI=1S/C22H27BrN4O2/c1-16-5-3-6-17(2)22(16)25-20(28)15-26-7-4-8-27(10-9-26)21(29)12-18-11-19(23)14-24-13-18/h3,5-6,11,13-14H,4,7-10,12,15H2,1-2H3,(H,25,28). The van der Waals surface area contributed by atoms with Crippen molar-refractivity contribution in [3.63, 3.8) is 0 Å². The summed E-state index contributed by atoms with van der Waals surface area (Å²) >= 11 is 3.39. The maximum atomic E-state index is 12.7. The number of carbonyl (C=O) groups is 2. The van der Waals surface area contributed by atoms with Gasteiger partial charge in [-0.3, -0.25) is 19.5 Å². The van der Waals surface area contributed by atoms with E-state index < -0.39 is 0 Å². The van der Waals surface area contributed by atoms with Crippen LogP contribution in [0.5, 0.6) is 0 Å². The Morgan fingerprint density at radius 3 is 2.59 bits per heavy atom. The Morgan fingerprint density at radius 1 is 1.10 bits per heavy atom. The number of carbonyl (C=O) groups excluding carboxylic acids is 2. The Labute approximate surface area is 180 Å². The largest absolute Gasteiger partial charge is 0.341 e. The molecule has 0 saturated carbocycles. The first-order valence-electron chi connectivity index (χ1n) is 9.88. The predicted octanol–water partition coefficient (Wildman–Crippen LogP) is 3.18. The van der Waals surface area contributed by atoms with Crippen molar-refractivity contribution >= 4 is 33.4 Å². The number of pyridine rings is 1. The van der Waals surface area contributed by atoms with E-state index in [0.717, 1.165) is 46.4 Å². The highest BCUT2D eigenvalue weighted by molar-refractivity contribution is 9.10. The van der Waals surface area contributed by atoms with Crippen molar-refractivity contribution in [1.82, 2.24) is 14.8 Å². The molecule has 6 nitrogen and oxygen atoms in total. The molecule has 1 aromatic heterocycles. The molecule has 0 spiro atoms. The van der Waals surface area contributed by atoms with Gasteiger partial charge >= 0.3 is 0 Å². The Hall–Kier alpha value is -2.25. The van der Waals surface area contributed by atoms with E-state index in [1.54, 1.807) is 12.4 Å². The molecule has 0 unspecified atom stereocenters. The highest BCUT2D eigenvalue weighted by Crippen LogP contribution is 2.19. The summed E-state index contributed by atoms with van der Waals surface area (Å²) in [6, 6.07) is 7.91. The molecule has 7 heteroatoms. The topological polar surface area (TPSA) is 65.5 Å². The van der Waals surface area contributed by atoms with Gasteiger partial charge in [-0.25, -0.2) is 0 Å². The normalized spacial score (nSPS) is 15.1. The molecule has 1 N–H and O–H groups in total. The average Bonchev–Trinajstić information content (AvgIpc) is 2.90. The molecule has 1 aromatic carbocycles. The fraction of sp³-hybridized carbons (Fsp3) is 0.409. The zero-order valence-electron chi connectivity index (χ0n) is 16.9. The molecule has 154 valence electrons. The lowest BCUT2D eigenvalue weighted by Gasteiger charge is -2.22. The molecule has 1 aliphatic heterocycles. The summed E-state index contributed by atoms with van der Waals surface area (Å²) < 4.78 is 0.875. The fourth-order valence-corrected chi connectivity index (χ4v) is 4.02. The zero-order valence-corrected chi connectivity index (χ0v) is 18.5. The van der Waals surface area contributed by atoms with Crippen molar-refractivity contribution in [3.05, 3.63) is 57.8 Å². The molecule has 0 radical (unpaired) electrons. The number of benzene rings is 1. The van der Waals surface area contributed by atoms with E-state index in [4.69, 9.17) is 0 Å². The summed E-state index contributed by atoms with van der Waals surface area (Å²) in [4.78, 5) is 33.3. The van der Waals surface area contributed by atoms with E-state index in [0.29, 0.717) is 26.1 Å². The molecule has 0 aliphatic carbocycles. The number of nitrogens with zero attached hydrogens (tertiary/aromatic N) is 3. The first kappa shape index (κ1) is 21.5. The number of aromatic nitrogens is 1. The summed E-state index contributed by atoms with van der Waals surface area (Å²) in [7, 11) is 0. The first-order chi connectivity index (χ1) is 13.9.